The van der Waals surface area contributed by atoms with Gasteiger partial charge in [-0.15, -0.1) is 6.58 Å². The molecule has 1 aliphatic rings. The quantitative estimate of drug-likeness (QED) is 0.248. The number of fused-ring (bicyclic) bond motifs is 1. The van der Waals surface area contributed by atoms with Crippen LogP contribution in [0.1, 0.15) is 69.4 Å². The summed E-state index contributed by atoms with van der Waals surface area (Å²) in [6.07, 6.45) is 16.7. The zero-order valence-electron chi connectivity index (χ0n) is 21.3. The molecule has 0 N–H and O–H groups in total. The van der Waals surface area contributed by atoms with Crippen molar-refractivity contribution >= 4 is 10.8 Å². The number of hydrogen-bond acceptors (Lipinski definition) is 0. The van der Waals surface area contributed by atoms with Crippen LogP contribution in [0.3, 0.4) is 0 Å². The van der Waals surface area contributed by atoms with E-state index in [1.54, 1.807) is 18.2 Å². The van der Waals surface area contributed by atoms with E-state index in [2.05, 4.69) is 6.58 Å². The summed E-state index contributed by atoms with van der Waals surface area (Å²) >= 11 is 0. The van der Waals surface area contributed by atoms with Gasteiger partial charge in [-0.05, 0) is 85.4 Å². The molecule has 4 rings (SSSR count). The third-order valence-corrected chi connectivity index (χ3v) is 7.87. The Bertz CT molecular complexity index is 1200. The van der Waals surface area contributed by atoms with Gasteiger partial charge in [0, 0.05) is 5.56 Å². The van der Waals surface area contributed by atoms with Gasteiger partial charge in [0.1, 0.15) is 5.82 Å². The second-order valence-electron chi connectivity index (χ2n) is 10.3. The van der Waals surface area contributed by atoms with Crippen molar-refractivity contribution in [3.63, 3.8) is 0 Å². The monoisotopic (exact) mass is 490 g/mol. The van der Waals surface area contributed by atoms with Gasteiger partial charge >= 0.3 is 0 Å². The van der Waals surface area contributed by atoms with E-state index in [1.807, 2.05) is 49.4 Å². The molecule has 0 amide bonds. The van der Waals surface area contributed by atoms with Crippen molar-refractivity contribution in [2.45, 2.75) is 71.1 Å². The van der Waals surface area contributed by atoms with Crippen molar-refractivity contribution in [1.29, 1.82) is 0 Å². The Labute approximate surface area is 213 Å². The minimum Gasteiger partial charge on any atom is -0.206 e. The Morgan fingerprint density at radius 2 is 1.50 bits per heavy atom. The molecule has 0 aliphatic heterocycles. The third-order valence-electron chi connectivity index (χ3n) is 7.87. The number of hydrogen-bond donors (Lipinski definition) is 0. The zero-order chi connectivity index (χ0) is 25.5. The molecule has 0 radical (unpaired) electrons. The van der Waals surface area contributed by atoms with E-state index < -0.39 is 17.5 Å². The summed E-state index contributed by atoms with van der Waals surface area (Å²) < 4.78 is 45.0. The summed E-state index contributed by atoms with van der Waals surface area (Å²) in [6.45, 7) is 5.72. The van der Waals surface area contributed by atoms with Crippen molar-refractivity contribution in [1.82, 2.24) is 0 Å². The third kappa shape index (κ3) is 6.11. The maximum atomic E-state index is 15.4. The highest BCUT2D eigenvalue weighted by Crippen LogP contribution is 2.35. The Balaban J connectivity index is 1.44. The molecule has 36 heavy (non-hydrogen) atoms. The van der Waals surface area contributed by atoms with Gasteiger partial charge in [0.05, 0.1) is 5.39 Å². The fourth-order valence-corrected chi connectivity index (χ4v) is 5.63. The zero-order valence-corrected chi connectivity index (χ0v) is 21.3. The smallest absolute Gasteiger partial charge is 0.169 e. The molecule has 0 aromatic heterocycles. The van der Waals surface area contributed by atoms with E-state index >= 15 is 4.39 Å². The van der Waals surface area contributed by atoms with Gasteiger partial charge in [0.15, 0.2) is 11.6 Å². The van der Waals surface area contributed by atoms with E-state index in [9.17, 15) is 8.78 Å². The largest absolute Gasteiger partial charge is 0.206 e. The van der Waals surface area contributed by atoms with Gasteiger partial charge in [-0.2, -0.15) is 0 Å². The van der Waals surface area contributed by atoms with Crippen molar-refractivity contribution in [3.05, 3.63) is 95.9 Å². The molecule has 3 aromatic rings. The van der Waals surface area contributed by atoms with Crippen LogP contribution in [0.25, 0.3) is 21.9 Å². The van der Waals surface area contributed by atoms with Gasteiger partial charge in [-0.3, -0.25) is 0 Å². The molecule has 0 spiro atoms. The lowest BCUT2D eigenvalue weighted by Gasteiger charge is -2.28. The Kier molecular flexibility index (Phi) is 9.07. The fraction of sp³-hybridized carbons (Fsp3) is 0.394. The first-order chi connectivity index (χ1) is 17.5. The molecule has 0 bridgehead atoms. The Morgan fingerprint density at radius 3 is 2.17 bits per heavy atom. The number of allylic oxidation sites excluding steroid dienone is 3. The molecular formula is C33H37F3. The molecule has 0 heterocycles. The molecule has 190 valence electrons. The van der Waals surface area contributed by atoms with Crippen LogP contribution >= 0.6 is 0 Å². The standard InChI is InChI=1S/C33H37F3/c1-3-5-7-9-28-22-27-20-21-29(32(35)30(27)33(36)31(28)34)26-18-16-25(17-19-26)15-14-24-12-10-23(11-13-24)8-6-4-2/h3-5,16-24H,2,6-15H2,1H3/b5-3+. The van der Waals surface area contributed by atoms with Gasteiger partial charge in [0.25, 0.3) is 0 Å². The van der Waals surface area contributed by atoms with Crippen LogP contribution in [0, 0.1) is 29.3 Å². The van der Waals surface area contributed by atoms with Gasteiger partial charge in [-0.1, -0.05) is 80.3 Å². The highest BCUT2D eigenvalue weighted by atomic mass is 19.2. The molecule has 0 nitrogen and oxygen atoms in total. The number of aryl methyl sites for hydroxylation is 2. The van der Waals surface area contributed by atoms with Gasteiger partial charge in [0.2, 0.25) is 0 Å². The molecule has 3 aromatic carbocycles. The first-order valence-electron chi connectivity index (χ1n) is 13.4. The summed E-state index contributed by atoms with van der Waals surface area (Å²) in [5.74, 6) is -1.11. The Morgan fingerprint density at radius 1 is 0.806 bits per heavy atom. The normalized spacial score (nSPS) is 18.2. The number of halogens is 3. The van der Waals surface area contributed by atoms with E-state index in [4.69, 9.17) is 0 Å². The topological polar surface area (TPSA) is 0 Å². The first-order valence-corrected chi connectivity index (χ1v) is 13.4. The van der Waals surface area contributed by atoms with Gasteiger partial charge in [-0.25, -0.2) is 13.2 Å². The van der Waals surface area contributed by atoms with Crippen molar-refractivity contribution < 1.29 is 13.2 Å². The summed E-state index contributed by atoms with van der Waals surface area (Å²) in [5.41, 5.74) is 2.49. The number of rotatable bonds is 10. The summed E-state index contributed by atoms with van der Waals surface area (Å²) in [4.78, 5) is 0. The maximum Gasteiger partial charge on any atom is 0.169 e. The Hall–Kier alpha value is -2.81. The summed E-state index contributed by atoms with van der Waals surface area (Å²) in [7, 11) is 0. The van der Waals surface area contributed by atoms with E-state index in [-0.39, 0.29) is 10.9 Å². The molecule has 0 saturated heterocycles. The molecular weight excluding hydrogens is 453 g/mol. The molecule has 0 atom stereocenters. The lowest BCUT2D eigenvalue weighted by atomic mass is 9.78. The second kappa shape index (κ2) is 12.4. The van der Waals surface area contributed by atoms with E-state index in [0.29, 0.717) is 29.4 Å². The minimum absolute atomic E-state index is 0.271. The molecule has 1 aliphatic carbocycles. The summed E-state index contributed by atoms with van der Waals surface area (Å²) in [5, 5.41) is 0.119. The number of benzene rings is 3. The van der Waals surface area contributed by atoms with E-state index in [0.717, 1.165) is 24.7 Å². The van der Waals surface area contributed by atoms with Crippen molar-refractivity contribution in [2.24, 2.45) is 11.8 Å². The van der Waals surface area contributed by atoms with Crippen LogP contribution < -0.4 is 0 Å². The van der Waals surface area contributed by atoms with Crippen molar-refractivity contribution in [3.8, 4) is 11.1 Å². The predicted octanol–water partition coefficient (Wildman–Crippen LogP) is 10.1. The SMILES string of the molecule is C=CCCC1CCC(CCc2ccc(-c3ccc4cc(CC/C=C/C)c(F)c(F)c4c3F)cc2)CC1. The van der Waals surface area contributed by atoms with Crippen LogP contribution in [0.15, 0.2) is 67.3 Å². The lowest BCUT2D eigenvalue weighted by Crippen LogP contribution is -2.15. The van der Waals surface area contributed by atoms with Crippen LogP contribution in [-0.2, 0) is 12.8 Å². The van der Waals surface area contributed by atoms with Crippen molar-refractivity contribution in [2.75, 3.05) is 0 Å². The van der Waals surface area contributed by atoms with Crippen LogP contribution in [0.4, 0.5) is 13.2 Å². The molecule has 1 saturated carbocycles. The highest BCUT2D eigenvalue weighted by molar-refractivity contribution is 5.89. The maximum absolute atomic E-state index is 15.4. The van der Waals surface area contributed by atoms with Crippen LogP contribution in [-0.4, -0.2) is 0 Å². The predicted molar refractivity (Wildman–Crippen MR) is 146 cm³/mol. The average molecular weight is 491 g/mol. The average Bonchev–Trinajstić information content (AvgIpc) is 2.90. The molecule has 0 unspecified atom stereocenters. The second-order valence-corrected chi connectivity index (χ2v) is 10.3. The first kappa shape index (κ1) is 26.3. The molecule has 3 heteroatoms. The van der Waals surface area contributed by atoms with Crippen LogP contribution in [0.5, 0.6) is 0 Å². The highest BCUT2D eigenvalue weighted by Gasteiger charge is 2.21. The van der Waals surface area contributed by atoms with Gasteiger partial charge < -0.3 is 0 Å². The lowest BCUT2D eigenvalue weighted by molar-refractivity contribution is 0.254. The van der Waals surface area contributed by atoms with E-state index in [1.165, 1.54) is 44.1 Å². The van der Waals surface area contributed by atoms with Crippen LogP contribution in [0.2, 0.25) is 0 Å². The summed E-state index contributed by atoms with van der Waals surface area (Å²) in [6, 6.07) is 12.8. The minimum atomic E-state index is -1.10. The molecule has 1 fully saturated rings. The fourth-order valence-electron chi connectivity index (χ4n) is 5.63.